The van der Waals surface area contributed by atoms with Crippen LogP contribution in [0, 0.1) is 0 Å². The van der Waals surface area contributed by atoms with Crippen LogP contribution in [0.4, 0.5) is 5.69 Å². The molecule has 0 unspecified atom stereocenters. The third-order valence-corrected chi connectivity index (χ3v) is 4.41. The molecule has 2 aromatic heterocycles. The molecule has 0 fully saturated rings. The number of benzene rings is 1. The van der Waals surface area contributed by atoms with Crippen LogP contribution < -0.4 is 5.32 Å². The zero-order chi connectivity index (χ0) is 17.6. The lowest BCUT2D eigenvalue weighted by atomic mass is 10.0. The Labute approximate surface area is 150 Å². The molecule has 0 atom stereocenters. The molecule has 0 spiro atoms. The van der Waals surface area contributed by atoms with Crippen LogP contribution in [0.3, 0.4) is 0 Å². The molecule has 0 aliphatic heterocycles. The van der Waals surface area contributed by atoms with Gasteiger partial charge in [0.05, 0.1) is 5.75 Å². The lowest BCUT2D eigenvalue weighted by molar-refractivity contribution is -0.113. The number of thioether (sulfide) groups is 1. The normalized spacial score (nSPS) is 10.8. The first kappa shape index (κ1) is 17.2. The number of nitrogens with one attached hydrogen (secondary N) is 2. The van der Waals surface area contributed by atoms with E-state index in [1.54, 1.807) is 6.20 Å². The Hall–Kier alpha value is -2.67. The molecule has 2 N–H and O–H groups in total. The molecule has 1 amide bonds. The van der Waals surface area contributed by atoms with Gasteiger partial charge in [0.1, 0.15) is 5.69 Å². The van der Waals surface area contributed by atoms with Gasteiger partial charge in [0.2, 0.25) is 11.1 Å². The summed E-state index contributed by atoms with van der Waals surface area (Å²) in [5.74, 6) is 1.21. The van der Waals surface area contributed by atoms with E-state index >= 15 is 0 Å². The second kappa shape index (κ2) is 7.94. The van der Waals surface area contributed by atoms with Gasteiger partial charge in [-0.15, -0.1) is 5.10 Å². The molecule has 6 nitrogen and oxygen atoms in total. The van der Waals surface area contributed by atoms with Crippen LogP contribution >= 0.6 is 11.8 Å². The van der Waals surface area contributed by atoms with E-state index in [4.69, 9.17) is 0 Å². The quantitative estimate of drug-likeness (QED) is 0.660. The third-order valence-electron chi connectivity index (χ3n) is 3.57. The van der Waals surface area contributed by atoms with E-state index in [-0.39, 0.29) is 11.7 Å². The standard InChI is InChI=1S/C18H19N5OS/c1-12(2)13-6-8-14(9-7-13)20-16(24)11-25-18-21-17(22-23-18)15-5-3-4-10-19-15/h3-10,12H,11H2,1-2H3,(H,20,24)(H,21,22,23). The topological polar surface area (TPSA) is 83.6 Å². The third kappa shape index (κ3) is 4.67. The molecule has 0 aliphatic rings. The van der Waals surface area contributed by atoms with Gasteiger partial charge in [-0.1, -0.05) is 43.8 Å². The summed E-state index contributed by atoms with van der Waals surface area (Å²) in [6.07, 6.45) is 1.70. The summed E-state index contributed by atoms with van der Waals surface area (Å²) >= 11 is 1.28. The molecular formula is C18H19N5OS. The molecule has 0 bridgehead atoms. The van der Waals surface area contributed by atoms with Gasteiger partial charge in [0.15, 0.2) is 5.82 Å². The van der Waals surface area contributed by atoms with Gasteiger partial charge in [0, 0.05) is 11.9 Å². The molecular weight excluding hydrogens is 334 g/mol. The number of carbonyl (C=O) groups excluding carboxylic acids is 1. The van der Waals surface area contributed by atoms with Gasteiger partial charge in [-0.05, 0) is 35.7 Å². The number of hydrogen-bond donors (Lipinski definition) is 2. The Kier molecular flexibility index (Phi) is 5.45. The molecule has 3 aromatic rings. The van der Waals surface area contributed by atoms with Crippen molar-refractivity contribution < 1.29 is 4.79 Å². The van der Waals surface area contributed by atoms with Crippen molar-refractivity contribution in [3.05, 3.63) is 54.2 Å². The number of hydrogen-bond acceptors (Lipinski definition) is 5. The summed E-state index contributed by atoms with van der Waals surface area (Å²) < 4.78 is 0. The molecule has 0 saturated heterocycles. The maximum absolute atomic E-state index is 12.1. The summed E-state index contributed by atoms with van der Waals surface area (Å²) in [5, 5.41) is 10.3. The van der Waals surface area contributed by atoms with Crippen molar-refractivity contribution in [1.82, 2.24) is 20.2 Å². The Morgan fingerprint density at radius 2 is 2.00 bits per heavy atom. The van der Waals surface area contributed by atoms with Crippen molar-refractivity contribution in [3.63, 3.8) is 0 Å². The number of amides is 1. The van der Waals surface area contributed by atoms with Gasteiger partial charge in [0.25, 0.3) is 0 Å². The lowest BCUT2D eigenvalue weighted by Crippen LogP contribution is -2.14. The van der Waals surface area contributed by atoms with Crippen molar-refractivity contribution >= 4 is 23.4 Å². The Bertz CT molecular complexity index is 830. The first-order valence-electron chi connectivity index (χ1n) is 7.98. The summed E-state index contributed by atoms with van der Waals surface area (Å²) in [6.45, 7) is 4.28. The van der Waals surface area contributed by atoms with E-state index in [9.17, 15) is 4.79 Å². The molecule has 7 heteroatoms. The number of aromatic amines is 1. The van der Waals surface area contributed by atoms with E-state index in [0.29, 0.717) is 16.9 Å². The Morgan fingerprint density at radius 3 is 2.68 bits per heavy atom. The SMILES string of the molecule is CC(C)c1ccc(NC(=O)CSc2n[nH]c(-c3ccccn3)n2)cc1. The number of H-pyrrole nitrogens is 1. The molecule has 0 radical (unpaired) electrons. The van der Waals surface area contributed by atoms with E-state index in [0.717, 1.165) is 11.4 Å². The minimum Gasteiger partial charge on any atom is -0.325 e. The molecule has 25 heavy (non-hydrogen) atoms. The fourth-order valence-corrected chi connectivity index (χ4v) is 2.81. The molecule has 0 saturated carbocycles. The van der Waals surface area contributed by atoms with Crippen molar-refractivity contribution in [1.29, 1.82) is 0 Å². The predicted octanol–water partition coefficient (Wildman–Crippen LogP) is 3.72. The summed E-state index contributed by atoms with van der Waals surface area (Å²) in [6, 6.07) is 13.5. The number of rotatable bonds is 6. The van der Waals surface area contributed by atoms with E-state index < -0.39 is 0 Å². The number of pyridine rings is 1. The van der Waals surface area contributed by atoms with E-state index in [2.05, 4.69) is 39.3 Å². The van der Waals surface area contributed by atoms with Crippen LogP contribution in [0.5, 0.6) is 0 Å². The summed E-state index contributed by atoms with van der Waals surface area (Å²) in [4.78, 5) is 20.6. The Balaban J connectivity index is 1.53. The second-order valence-corrected chi connectivity index (χ2v) is 6.74. The van der Waals surface area contributed by atoms with Crippen LogP contribution in [-0.4, -0.2) is 31.8 Å². The van der Waals surface area contributed by atoms with Crippen LogP contribution in [-0.2, 0) is 4.79 Å². The second-order valence-electron chi connectivity index (χ2n) is 5.80. The predicted molar refractivity (Wildman–Crippen MR) is 99.5 cm³/mol. The molecule has 0 aliphatic carbocycles. The van der Waals surface area contributed by atoms with Gasteiger partial charge in [-0.25, -0.2) is 0 Å². The number of nitrogens with zero attached hydrogens (tertiary/aromatic N) is 3. The van der Waals surface area contributed by atoms with Gasteiger partial charge >= 0.3 is 0 Å². The number of anilines is 1. The molecule has 1 aromatic carbocycles. The molecule has 128 valence electrons. The van der Waals surface area contributed by atoms with Crippen molar-refractivity contribution in [2.24, 2.45) is 0 Å². The monoisotopic (exact) mass is 353 g/mol. The van der Waals surface area contributed by atoms with Gasteiger partial charge in [-0.2, -0.15) is 4.98 Å². The van der Waals surface area contributed by atoms with Crippen LogP contribution in [0.2, 0.25) is 0 Å². The van der Waals surface area contributed by atoms with Crippen LogP contribution in [0.15, 0.2) is 53.8 Å². The highest BCUT2D eigenvalue weighted by Crippen LogP contribution is 2.19. The van der Waals surface area contributed by atoms with Crippen LogP contribution in [0.25, 0.3) is 11.5 Å². The van der Waals surface area contributed by atoms with E-state index in [1.807, 2.05) is 42.5 Å². The fraction of sp³-hybridized carbons (Fsp3) is 0.222. The average molecular weight is 353 g/mol. The number of aromatic nitrogens is 4. The molecule has 3 rings (SSSR count). The summed E-state index contributed by atoms with van der Waals surface area (Å²) in [7, 11) is 0. The van der Waals surface area contributed by atoms with Crippen molar-refractivity contribution in [3.8, 4) is 11.5 Å². The minimum absolute atomic E-state index is 0.0912. The van der Waals surface area contributed by atoms with Gasteiger partial charge in [-0.3, -0.25) is 14.9 Å². The van der Waals surface area contributed by atoms with Crippen molar-refractivity contribution in [2.45, 2.75) is 24.9 Å². The molecule has 2 heterocycles. The smallest absolute Gasteiger partial charge is 0.234 e. The fourth-order valence-electron chi connectivity index (χ4n) is 2.21. The summed E-state index contributed by atoms with van der Waals surface area (Å²) in [5.41, 5.74) is 2.76. The zero-order valence-electron chi connectivity index (χ0n) is 14.1. The Morgan fingerprint density at radius 1 is 1.20 bits per heavy atom. The maximum Gasteiger partial charge on any atom is 0.234 e. The first-order chi connectivity index (χ1) is 12.1. The zero-order valence-corrected chi connectivity index (χ0v) is 14.9. The minimum atomic E-state index is -0.0912. The van der Waals surface area contributed by atoms with Crippen molar-refractivity contribution in [2.75, 3.05) is 11.1 Å². The maximum atomic E-state index is 12.1. The number of carbonyl (C=O) groups is 1. The largest absolute Gasteiger partial charge is 0.325 e. The highest BCUT2D eigenvalue weighted by Gasteiger charge is 2.10. The highest BCUT2D eigenvalue weighted by molar-refractivity contribution is 7.99. The van der Waals surface area contributed by atoms with Gasteiger partial charge < -0.3 is 5.32 Å². The van der Waals surface area contributed by atoms with Crippen LogP contribution in [0.1, 0.15) is 25.3 Å². The average Bonchev–Trinajstić information content (AvgIpc) is 3.10. The lowest BCUT2D eigenvalue weighted by Gasteiger charge is -2.08. The highest BCUT2D eigenvalue weighted by atomic mass is 32.2. The first-order valence-corrected chi connectivity index (χ1v) is 8.97. The van der Waals surface area contributed by atoms with E-state index in [1.165, 1.54) is 17.3 Å².